The lowest BCUT2D eigenvalue weighted by Gasteiger charge is -2.09. The third-order valence-corrected chi connectivity index (χ3v) is 4.20. The van der Waals surface area contributed by atoms with Gasteiger partial charge in [0, 0.05) is 16.5 Å². The second-order valence-corrected chi connectivity index (χ2v) is 6.01. The summed E-state index contributed by atoms with van der Waals surface area (Å²) in [4.78, 5) is 40.5. The summed E-state index contributed by atoms with van der Waals surface area (Å²) in [5.74, 6) is -1.75. The molecule has 0 unspecified atom stereocenters. The Bertz CT molecular complexity index is 1390. The number of pyridine rings is 1. The third kappa shape index (κ3) is 2.34. The van der Waals surface area contributed by atoms with E-state index in [2.05, 4.69) is 10.1 Å². The van der Waals surface area contributed by atoms with Crippen molar-refractivity contribution in [1.29, 1.82) is 0 Å². The Kier molecular flexibility index (Phi) is 3.52. The Morgan fingerprint density at radius 1 is 1.00 bits per heavy atom. The second kappa shape index (κ2) is 5.63. The lowest BCUT2D eigenvalue weighted by Crippen LogP contribution is -2.33. The zero-order chi connectivity index (χ0) is 18.6. The number of fused-ring (bicyclic) bond motifs is 2. The largest absolute Gasteiger partial charge is 0.350 e. The monoisotopic (exact) mass is 375 g/mol. The van der Waals surface area contributed by atoms with E-state index >= 15 is 0 Å². The summed E-state index contributed by atoms with van der Waals surface area (Å²) in [7, 11) is 0. The summed E-state index contributed by atoms with van der Waals surface area (Å²) in [5, 5.41) is 2.15. The van der Waals surface area contributed by atoms with Gasteiger partial charge in [0.15, 0.2) is 0 Å². The van der Waals surface area contributed by atoms with Gasteiger partial charge in [-0.25, -0.2) is 13.5 Å². The predicted molar refractivity (Wildman–Crippen MR) is 93.2 cm³/mol. The first-order valence-electron chi connectivity index (χ1n) is 7.33. The van der Waals surface area contributed by atoms with Crippen LogP contribution in [0.1, 0.15) is 0 Å². The van der Waals surface area contributed by atoms with Gasteiger partial charge in [0.2, 0.25) is 5.43 Å². The first-order chi connectivity index (χ1) is 12.4. The zero-order valence-electron chi connectivity index (χ0n) is 12.8. The second-order valence-electron chi connectivity index (χ2n) is 5.57. The highest BCUT2D eigenvalue weighted by Crippen LogP contribution is 2.17. The minimum Gasteiger partial charge on any atom is -0.350 e. The Morgan fingerprint density at radius 3 is 2.54 bits per heavy atom. The van der Waals surface area contributed by atoms with E-state index in [1.165, 1.54) is 18.2 Å². The maximum absolute atomic E-state index is 14.0. The number of hydrogen-bond donors (Lipinski definition) is 2. The van der Waals surface area contributed by atoms with E-state index in [4.69, 9.17) is 11.6 Å². The van der Waals surface area contributed by atoms with Crippen LogP contribution in [0.15, 0.2) is 50.8 Å². The van der Waals surface area contributed by atoms with Crippen LogP contribution < -0.4 is 16.5 Å². The van der Waals surface area contributed by atoms with Crippen molar-refractivity contribution in [3.05, 3.63) is 84.0 Å². The molecule has 2 heterocycles. The Balaban J connectivity index is 2.20. The standard InChI is InChI=1S/C17H8ClF2N3O3/c18-7-1-3-9-11(5-7)21-14-13(15(9)24)17(26)23(22-16(14)25)12-6-8(19)2-4-10(12)20/h1-6H,(H,21,24)(H,22,25). The normalized spacial score (nSPS) is 11.3. The van der Waals surface area contributed by atoms with Crippen LogP contribution in [0.2, 0.25) is 5.02 Å². The van der Waals surface area contributed by atoms with Crippen LogP contribution in [0.4, 0.5) is 8.78 Å². The SMILES string of the molecule is O=c1[nH]n(-c2cc(F)ccc2F)c(=O)c2c(=O)c3ccc(Cl)cc3[nH]c12. The molecular formula is C17H8ClF2N3O3. The Labute approximate surface area is 147 Å². The van der Waals surface area contributed by atoms with Crippen LogP contribution in [-0.2, 0) is 0 Å². The van der Waals surface area contributed by atoms with Crippen molar-refractivity contribution in [3.63, 3.8) is 0 Å². The van der Waals surface area contributed by atoms with Crippen molar-refractivity contribution in [3.8, 4) is 5.69 Å². The van der Waals surface area contributed by atoms with Gasteiger partial charge in [-0.2, -0.15) is 0 Å². The minimum atomic E-state index is -0.984. The van der Waals surface area contributed by atoms with Gasteiger partial charge in [0.1, 0.15) is 28.2 Å². The molecule has 2 N–H and O–H groups in total. The molecule has 4 aromatic rings. The molecule has 26 heavy (non-hydrogen) atoms. The van der Waals surface area contributed by atoms with Crippen LogP contribution in [0, 0.1) is 11.6 Å². The molecule has 0 bridgehead atoms. The van der Waals surface area contributed by atoms with Crippen molar-refractivity contribution in [1.82, 2.24) is 14.8 Å². The van der Waals surface area contributed by atoms with Gasteiger partial charge in [-0.05, 0) is 30.3 Å². The molecule has 4 rings (SSSR count). The first-order valence-corrected chi connectivity index (χ1v) is 7.70. The summed E-state index contributed by atoms with van der Waals surface area (Å²) in [6.07, 6.45) is 0. The molecule has 2 aromatic heterocycles. The lowest BCUT2D eigenvalue weighted by molar-refractivity contribution is 0.582. The van der Waals surface area contributed by atoms with Crippen molar-refractivity contribution in [2.24, 2.45) is 0 Å². The molecule has 130 valence electrons. The van der Waals surface area contributed by atoms with E-state index in [1.807, 2.05) is 0 Å². The maximum atomic E-state index is 14.0. The molecule has 0 aliphatic carbocycles. The Hall–Kier alpha value is -3.26. The highest BCUT2D eigenvalue weighted by atomic mass is 35.5. The molecule has 2 aromatic carbocycles. The number of benzene rings is 2. The molecule has 0 spiro atoms. The van der Waals surface area contributed by atoms with Crippen LogP contribution in [-0.4, -0.2) is 14.8 Å². The molecule has 0 aliphatic heterocycles. The van der Waals surface area contributed by atoms with Crippen molar-refractivity contribution in [2.75, 3.05) is 0 Å². The number of nitrogens with one attached hydrogen (secondary N) is 2. The van der Waals surface area contributed by atoms with Crippen LogP contribution in [0.5, 0.6) is 0 Å². The molecule has 0 aliphatic rings. The quantitative estimate of drug-likeness (QED) is 0.501. The van der Waals surface area contributed by atoms with E-state index in [9.17, 15) is 23.2 Å². The van der Waals surface area contributed by atoms with Crippen molar-refractivity contribution >= 4 is 33.4 Å². The molecular weight excluding hydrogens is 368 g/mol. The molecule has 0 radical (unpaired) electrons. The van der Waals surface area contributed by atoms with Gasteiger partial charge >= 0.3 is 0 Å². The smallest absolute Gasteiger partial charge is 0.287 e. The van der Waals surface area contributed by atoms with Gasteiger partial charge in [-0.3, -0.25) is 19.5 Å². The fraction of sp³-hybridized carbons (Fsp3) is 0. The molecule has 6 nitrogen and oxygen atoms in total. The van der Waals surface area contributed by atoms with Crippen LogP contribution in [0.25, 0.3) is 27.5 Å². The zero-order valence-corrected chi connectivity index (χ0v) is 13.5. The van der Waals surface area contributed by atoms with Gasteiger partial charge in [-0.15, -0.1) is 0 Å². The number of nitrogens with zero attached hydrogens (tertiary/aromatic N) is 1. The molecule has 0 fully saturated rings. The Morgan fingerprint density at radius 2 is 1.77 bits per heavy atom. The molecule has 0 saturated heterocycles. The summed E-state index contributed by atoms with van der Waals surface area (Å²) < 4.78 is 28.0. The van der Waals surface area contributed by atoms with Crippen LogP contribution in [0.3, 0.4) is 0 Å². The van der Waals surface area contributed by atoms with E-state index < -0.39 is 39.3 Å². The fourth-order valence-electron chi connectivity index (χ4n) is 2.78. The van der Waals surface area contributed by atoms with Gasteiger partial charge in [0.05, 0.1) is 5.52 Å². The number of aromatic nitrogens is 3. The average Bonchev–Trinajstić information content (AvgIpc) is 2.60. The lowest BCUT2D eigenvalue weighted by atomic mass is 10.1. The molecule has 0 amide bonds. The third-order valence-electron chi connectivity index (χ3n) is 3.97. The summed E-state index contributed by atoms with van der Waals surface area (Å²) in [6, 6.07) is 6.73. The molecule has 0 atom stereocenters. The van der Waals surface area contributed by atoms with E-state index in [0.717, 1.165) is 18.2 Å². The van der Waals surface area contributed by atoms with Crippen LogP contribution >= 0.6 is 11.6 Å². The van der Waals surface area contributed by atoms with Crippen molar-refractivity contribution in [2.45, 2.75) is 0 Å². The van der Waals surface area contributed by atoms with Gasteiger partial charge in [-0.1, -0.05) is 11.6 Å². The first kappa shape index (κ1) is 16.2. The number of hydrogen-bond acceptors (Lipinski definition) is 3. The summed E-state index contributed by atoms with van der Waals surface area (Å²) >= 11 is 5.88. The maximum Gasteiger partial charge on any atom is 0.287 e. The summed E-state index contributed by atoms with van der Waals surface area (Å²) in [6.45, 7) is 0. The topological polar surface area (TPSA) is 87.7 Å². The number of halogens is 3. The fourth-order valence-corrected chi connectivity index (χ4v) is 2.96. The highest BCUT2D eigenvalue weighted by Gasteiger charge is 2.17. The highest BCUT2D eigenvalue weighted by molar-refractivity contribution is 6.31. The number of rotatable bonds is 1. The van der Waals surface area contributed by atoms with Gasteiger partial charge < -0.3 is 4.98 Å². The summed E-state index contributed by atoms with van der Waals surface area (Å²) in [5.41, 5.74) is -3.06. The van der Waals surface area contributed by atoms with E-state index in [0.29, 0.717) is 9.70 Å². The van der Waals surface area contributed by atoms with E-state index in [-0.39, 0.29) is 16.4 Å². The van der Waals surface area contributed by atoms with Crippen molar-refractivity contribution < 1.29 is 8.78 Å². The predicted octanol–water partition coefficient (Wildman–Crippen LogP) is 2.45. The molecule has 9 heteroatoms. The average molecular weight is 376 g/mol. The number of H-pyrrole nitrogens is 2. The number of aromatic amines is 2. The van der Waals surface area contributed by atoms with Gasteiger partial charge in [0.25, 0.3) is 11.1 Å². The minimum absolute atomic E-state index is 0.135. The van der Waals surface area contributed by atoms with E-state index in [1.54, 1.807) is 0 Å². The molecule has 0 saturated carbocycles.